The second-order valence-corrected chi connectivity index (χ2v) is 3.79. The van der Waals surface area contributed by atoms with Crippen LogP contribution in [0.15, 0.2) is 0 Å². The highest BCUT2D eigenvalue weighted by Crippen LogP contribution is 2.27. The molecule has 0 spiro atoms. The average Bonchev–Trinajstić information content (AvgIpc) is 2.22. The molecule has 0 heterocycles. The normalized spacial score (nSPS) is 17.0. The van der Waals surface area contributed by atoms with Crippen LogP contribution in [0, 0.1) is 5.92 Å². The lowest BCUT2D eigenvalue weighted by molar-refractivity contribution is -0.137. The van der Waals surface area contributed by atoms with Crippen LogP contribution in [0.4, 0.5) is 0 Å². The van der Waals surface area contributed by atoms with Gasteiger partial charge in [0.05, 0.1) is 0 Å². The van der Waals surface area contributed by atoms with Crippen LogP contribution in [0.1, 0.15) is 51.4 Å². The van der Waals surface area contributed by atoms with E-state index in [0.29, 0.717) is 6.42 Å². The van der Waals surface area contributed by atoms with Crippen LogP contribution in [0.5, 0.6) is 0 Å². The summed E-state index contributed by atoms with van der Waals surface area (Å²) in [6, 6.07) is 0. The SMILES string of the molecule is CO.O=C(O)CCCC1CCCCC1. The van der Waals surface area contributed by atoms with E-state index in [-0.39, 0.29) is 0 Å². The van der Waals surface area contributed by atoms with Crippen molar-refractivity contribution < 1.29 is 15.0 Å². The Hall–Kier alpha value is -0.570. The second-order valence-electron chi connectivity index (χ2n) is 3.79. The maximum atomic E-state index is 10.2. The van der Waals surface area contributed by atoms with E-state index in [1.165, 1.54) is 32.1 Å². The van der Waals surface area contributed by atoms with Crippen molar-refractivity contribution in [3.05, 3.63) is 0 Å². The van der Waals surface area contributed by atoms with E-state index in [0.717, 1.165) is 25.9 Å². The van der Waals surface area contributed by atoms with Gasteiger partial charge in [-0.2, -0.15) is 0 Å². The topological polar surface area (TPSA) is 57.5 Å². The Morgan fingerprint density at radius 2 is 1.79 bits per heavy atom. The van der Waals surface area contributed by atoms with Gasteiger partial charge in [-0.25, -0.2) is 0 Å². The maximum Gasteiger partial charge on any atom is 0.303 e. The van der Waals surface area contributed by atoms with Gasteiger partial charge in [0.15, 0.2) is 0 Å². The summed E-state index contributed by atoms with van der Waals surface area (Å²) in [5, 5.41) is 15.4. The predicted molar refractivity (Wildman–Crippen MR) is 56.2 cm³/mol. The summed E-state index contributed by atoms with van der Waals surface area (Å²) in [7, 11) is 1.00. The van der Waals surface area contributed by atoms with E-state index in [9.17, 15) is 4.79 Å². The Bertz CT molecular complexity index is 139. The van der Waals surface area contributed by atoms with Crippen molar-refractivity contribution in [1.29, 1.82) is 0 Å². The fourth-order valence-electron chi connectivity index (χ4n) is 2.02. The molecule has 0 aliphatic heterocycles. The summed E-state index contributed by atoms with van der Waals surface area (Å²) < 4.78 is 0. The van der Waals surface area contributed by atoms with Gasteiger partial charge in [0, 0.05) is 13.5 Å². The summed E-state index contributed by atoms with van der Waals surface area (Å²) in [4.78, 5) is 10.2. The van der Waals surface area contributed by atoms with Crippen LogP contribution in [0.2, 0.25) is 0 Å². The molecule has 0 atom stereocenters. The molecular weight excluding hydrogens is 180 g/mol. The molecule has 0 aromatic heterocycles. The lowest BCUT2D eigenvalue weighted by Crippen LogP contribution is -2.06. The minimum absolute atomic E-state index is 0.358. The van der Waals surface area contributed by atoms with Gasteiger partial charge in [0.2, 0.25) is 0 Å². The number of hydrogen-bond donors (Lipinski definition) is 2. The smallest absolute Gasteiger partial charge is 0.303 e. The van der Waals surface area contributed by atoms with Crippen LogP contribution in [-0.4, -0.2) is 23.3 Å². The van der Waals surface area contributed by atoms with Gasteiger partial charge in [-0.05, 0) is 18.8 Å². The summed E-state index contributed by atoms with van der Waals surface area (Å²) in [6.45, 7) is 0. The molecule has 0 saturated heterocycles. The minimum Gasteiger partial charge on any atom is -0.481 e. The van der Waals surface area contributed by atoms with Gasteiger partial charge < -0.3 is 10.2 Å². The van der Waals surface area contributed by atoms with E-state index < -0.39 is 5.97 Å². The van der Waals surface area contributed by atoms with E-state index in [4.69, 9.17) is 10.2 Å². The third kappa shape index (κ3) is 6.89. The zero-order valence-corrected chi connectivity index (χ0v) is 9.04. The fourth-order valence-corrected chi connectivity index (χ4v) is 2.02. The number of aliphatic hydroxyl groups excluding tert-OH is 1. The number of carboxylic acid groups (broad SMARTS) is 1. The molecule has 1 saturated carbocycles. The first-order chi connectivity index (χ1) is 6.79. The highest BCUT2D eigenvalue weighted by atomic mass is 16.4. The lowest BCUT2D eigenvalue weighted by Gasteiger charge is -2.20. The van der Waals surface area contributed by atoms with E-state index in [1.54, 1.807) is 0 Å². The molecule has 1 aliphatic rings. The standard InChI is InChI=1S/C10H18O2.CH4O/c11-10(12)8-4-7-9-5-2-1-3-6-9;1-2/h9H,1-8H2,(H,11,12);2H,1H3. The van der Waals surface area contributed by atoms with E-state index in [1.807, 2.05) is 0 Å². The Labute approximate surface area is 86.1 Å². The monoisotopic (exact) mass is 202 g/mol. The van der Waals surface area contributed by atoms with Crippen molar-refractivity contribution in [3.63, 3.8) is 0 Å². The lowest BCUT2D eigenvalue weighted by atomic mass is 9.86. The number of carboxylic acids is 1. The third-order valence-corrected chi connectivity index (χ3v) is 2.73. The molecule has 0 aromatic rings. The molecule has 1 fully saturated rings. The zero-order valence-electron chi connectivity index (χ0n) is 9.04. The fraction of sp³-hybridized carbons (Fsp3) is 0.909. The summed E-state index contributed by atoms with van der Waals surface area (Å²) in [5.41, 5.74) is 0. The molecule has 0 aromatic carbocycles. The van der Waals surface area contributed by atoms with Crippen molar-refractivity contribution >= 4 is 5.97 Å². The molecule has 14 heavy (non-hydrogen) atoms. The third-order valence-electron chi connectivity index (χ3n) is 2.73. The molecule has 2 N–H and O–H groups in total. The first-order valence-electron chi connectivity index (χ1n) is 5.45. The van der Waals surface area contributed by atoms with Crippen LogP contribution in [-0.2, 0) is 4.79 Å². The number of carbonyl (C=O) groups is 1. The van der Waals surface area contributed by atoms with Crippen LogP contribution in [0.25, 0.3) is 0 Å². The van der Waals surface area contributed by atoms with Gasteiger partial charge in [-0.1, -0.05) is 32.1 Å². The van der Waals surface area contributed by atoms with Crippen molar-refractivity contribution in [2.75, 3.05) is 7.11 Å². The molecule has 0 unspecified atom stereocenters. The van der Waals surface area contributed by atoms with Crippen molar-refractivity contribution in [3.8, 4) is 0 Å². The van der Waals surface area contributed by atoms with Crippen molar-refractivity contribution in [2.45, 2.75) is 51.4 Å². The quantitative estimate of drug-likeness (QED) is 0.736. The Morgan fingerprint density at radius 1 is 1.21 bits per heavy atom. The van der Waals surface area contributed by atoms with E-state index in [2.05, 4.69) is 0 Å². The summed E-state index contributed by atoms with van der Waals surface area (Å²) >= 11 is 0. The first-order valence-corrected chi connectivity index (χ1v) is 5.45. The van der Waals surface area contributed by atoms with Crippen molar-refractivity contribution in [1.82, 2.24) is 0 Å². The van der Waals surface area contributed by atoms with Crippen molar-refractivity contribution in [2.24, 2.45) is 5.92 Å². The molecular formula is C11H22O3. The van der Waals surface area contributed by atoms with Gasteiger partial charge >= 0.3 is 5.97 Å². The predicted octanol–water partition coefficient (Wildman–Crippen LogP) is 2.43. The Morgan fingerprint density at radius 3 is 2.29 bits per heavy atom. The van der Waals surface area contributed by atoms with Crippen LogP contribution >= 0.6 is 0 Å². The van der Waals surface area contributed by atoms with Crippen LogP contribution in [0.3, 0.4) is 0 Å². The Kier molecular flexibility index (Phi) is 8.64. The van der Waals surface area contributed by atoms with Gasteiger partial charge in [-0.3, -0.25) is 4.79 Å². The highest BCUT2D eigenvalue weighted by molar-refractivity contribution is 5.66. The molecule has 3 heteroatoms. The summed E-state index contributed by atoms with van der Waals surface area (Å²) in [5.74, 6) is 0.184. The average molecular weight is 202 g/mol. The first kappa shape index (κ1) is 13.4. The number of rotatable bonds is 4. The highest BCUT2D eigenvalue weighted by Gasteiger charge is 2.12. The van der Waals surface area contributed by atoms with Gasteiger partial charge in [-0.15, -0.1) is 0 Å². The van der Waals surface area contributed by atoms with E-state index >= 15 is 0 Å². The Balaban J connectivity index is 0.000000791. The number of aliphatic carboxylic acids is 1. The number of hydrogen-bond acceptors (Lipinski definition) is 2. The zero-order chi connectivity index (χ0) is 10.8. The maximum absolute atomic E-state index is 10.2. The molecule has 0 radical (unpaired) electrons. The second kappa shape index (κ2) is 9.00. The molecule has 1 aliphatic carbocycles. The molecule has 1 rings (SSSR count). The van der Waals surface area contributed by atoms with Gasteiger partial charge in [0.1, 0.15) is 0 Å². The summed E-state index contributed by atoms with van der Waals surface area (Å²) in [6.07, 6.45) is 9.13. The number of aliphatic hydroxyl groups is 1. The molecule has 3 nitrogen and oxygen atoms in total. The van der Waals surface area contributed by atoms with Crippen LogP contribution < -0.4 is 0 Å². The van der Waals surface area contributed by atoms with Gasteiger partial charge in [0.25, 0.3) is 0 Å². The largest absolute Gasteiger partial charge is 0.481 e. The minimum atomic E-state index is -0.647. The molecule has 0 amide bonds. The molecule has 0 bridgehead atoms. The molecule has 84 valence electrons.